The average molecular weight is 263 g/mol. The van der Waals surface area contributed by atoms with E-state index >= 15 is 0 Å². The number of carbonyl (C=O) groups excluding carboxylic acids is 1. The van der Waals surface area contributed by atoms with E-state index in [1.165, 1.54) is 19.2 Å². The molecule has 0 aromatic heterocycles. The molecule has 4 heteroatoms. The quantitative estimate of drug-likeness (QED) is 0.864. The van der Waals surface area contributed by atoms with Crippen molar-refractivity contribution in [3.05, 3.63) is 58.6 Å². The van der Waals surface area contributed by atoms with Crippen LogP contribution in [0.25, 0.3) is 0 Å². The molecule has 2 aromatic carbocycles. The summed E-state index contributed by atoms with van der Waals surface area (Å²) < 4.78 is 4.97. The third-order valence-corrected chi connectivity index (χ3v) is 2.80. The van der Waals surface area contributed by atoms with Crippen LogP contribution in [0.2, 0.25) is 5.02 Å². The summed E-state index contributed by atoms with van der Waals surface area (Å²) >= 11 is 5.77. The maximum absolute atomic E-state index is 12.2. The molecule has 3 nitrogen and oxygen atoms in total. The fraction of sp³-hybridized carbons (Fsp3) is 0.0714. The lowest BCUT2D eigenvalue weighted by Gasteiger charge is -2.06. The summed E-state index contributed by atoms with van der Waals surface area (Å²) in [4.78, 5) is 12.2. The van der Waals surface area contributed by atoms with E-state index in [9.17, 15) is 9.90 Å². The molecule has 2 rings (SSSR count). The zero-order valence-corrected chi connectivity index (χ0v) is 10.4. The number of phenols is 1. The van der Waals surface area contributed by atoms with Gasteiger partial charge in [-0.2, -0.15) is 0 Å². The molecule has 0 aliphatic heterocycles. The molecule has 0 saturated carbocycles. The zero-order chi connectivity index (χ0) is 13.1. The molecule has 0 spiro atoms. The number of hydrogen-bond acceptors (Lipinski definition) is 3. The van der Waals surface area contributed by atoms with E-state index in [4.69, 9.17) is 16.3 Å². The Morgan fingerprint density at radius 2 is 1.72 bits per heavy atom. The summed E-state index contributed by atoms with van der Waals surface area (Å²) in [5, 5.41) is 10.0. The molecule has 0 radical (unpaired) electrons. The minimum atomic E-state index is -0.148. The molecule has 0 heterocycles. The van der Waals surface area contributed by atoms with Crippen LogP contribution in [-0.2, 0) is 0 Å². The topological polar surface area (TPSA) is 46.5 Å². The Morgan fingerprint density at radius 1 is 1.11 bits per heavy atom. The lowest BCUT2D eigenvalue weighted by molar-refractivity contribution is 0.103. The van der Waals surface area contributed by atoms with Gasteiger partial charge in [-0.25, -0.2) is 0 Å². The van der Waals surface area contributed by atoms with Crippen molar-refractivity contribution in [2.24, 2.45) is 0 Å². The molecule has 0 fully saturated rings. The number of methoxy groups -OCH3 is 1. The maximum atomic E-state index is 12.2. The maximum Gasteiger partial charge on any atom is 0.193 e. The summed E-state index contributed by atoms with van der Waals surface area (Å²) in [6.07, 6.45) is 0. The van der Waals surface area contributed by atoms with E-state index in [0.29, 0.717) is 16.1 Å². The van der Waals surface area contributed by atoms with Crippen molar-refractivity contribution in [1.29, 1.82) is 0 Å². The third-order valence-electron chi connectivity index (χ3n) is 2.55. The molecule has 0 aliphatic rings. The summed E-state index contributed by atoms with van der Waals surface area (Å²) in [7, 11) is 1.44. The second-order valence-corrected chi connectivity index (χ2v) is 4.16. The van der Waals surface area contributed by atoms with Crippen LogP contribution in [0.3, 0.4) is 0 Å². The molecule has 0 bridgehead atoms. The molecule has 2 aromatic rings. The first-order valence-corrected chi connectivity index (χ1v) is 5.67. The van der Waals surface area contributed by atoms with Gasteiger partial charge < -0.3 is 9.84 Å². The highest BCUT2D eigenvalue weighted by Gasteiger charge is 2.11. The summed E-state index contributed by atoms with van der Waals surface area (Å²) in [5.41, 5.74) is 0.985. The molecule has 0 unspecified atom stereocenters. The fourth-order valence-electron chi connectivity index (χ4n) is 1.59. The van der Waals surface area contributed by atoms with Crippen LogP contribution >= 0.6 is 11.6 Å². The highest BCUT2D eigenvalue weighted by atomic mass is 35.5. The molecule has 1 N–H and O–H groups in total. The van der Waals surface area contributed by atoms with Crippen LogP contribution < -0.4 is 4.74 Å². The van der Waals surface area contributed by atoms with Gasteiger partial charge in [-0.05, 0) is 42.5 Å². The largest absolute Gasteiger partial charge is 0.504 e. The van der Waals surface area contributed by atoms with Gasteiger partial charge in [0.05, 0.1) is 7.11 Å². The first-order chi connectivity index (χ1) is 8.61. The van der Waals surface area contributed by atoms with Crippen LogP contribution in [0.5, 0.6) is 11.5 Å². The second-order valence-electron chi connectivity index (χ2n) is 3.72. The fourth-order valence-corrected chi connectivity index (χ4v) is 1.71. The number of benzene rings is 2. The van der Waals surface area contributed by atoms with Crippen LogP contribution in [0.15, 0.2) is 42.5 Å². The Kier molecular flexibility index (Phi) is 3.53. The summed E-state index contributed by atoms with van der Waals surface area (Å²) in [5.74, 6) is 0.130. The Bertz CT molecular complexity index is 576. The van der Waals surface area contributed by atoms with Gasteiger partial charge in [0, 0.05) is 16.1 Å². The van der Waals surface area contributed by atoms with Crippen molar-refractivity contribution >= 4 is 17.4 Å². The summed E-state index contributed by atoms with van der Waals surface area (Å²) in [6.45, 7) is 0. The van der Waals surface area contributed by atoms with Gasteiger partial charge in [0.2, 0.25) is 0 Å². The predicted octanol–water partition coefficient (Wildman–Crippen LogP) is 3.29. The van der Waals surface area contributed by atoms with E-state index in [0.717, 1.165) is 0 Å². The number of phenolic OH excluding ortho intramolecular Hbond substituents is 1. The molecular weight excluding hydrogens is 252 g/mol. The lowest BCUT2D eigenvalue weighted by atomic mass is 10.0. The molecule has 0 amide bonds. The van der Waals surface area contributed by atoms with E-state index < -0.39 is 0 Å². The first-order valence-electron chi connectivity index (χ1n) is 5.29. The van der Waals surface area contributed by atoms with E-state index in [-0.39, 0.29) is 17.3 Å². The first kappa shape index (κ1) is 12.5. The zero-order valence-electron chi connectivity index (χ0n) is 9.68. The van der Waals surface area contributed by atoms with Crippen molar-refractivity contribution < 1.29 is 14.6 Å². The van der Waals surface area contributed by atoms with Gasteiger partial charge in [-0.1, -0.05) is 11.6 Å². The number of hydrogen-bond donors (Lipinski definition) is 1. The number of carbonyl (C=O) groups is 1. The van der Waals surface area contributed by atoms with Gasteiger partial charge in [0.25, 0.3) is 0 Å². The number of halogens is 1. The van der Waals surface area contributed by atoms with Gasteiger partial charge >= 0.3 is 0 Å². The minimum absolute atomic E-state index is 0.00477. The molecule has 18 heavy (non-hydrogen) atoms. The number of rotatable bonds is 3. The van der Waals surface area contributed by atoms with Crippen LogP contribution in [0, 0.1) is 0 Å². The Morgan fingerprint density at radius 3 is 2.33 bits per heavy atom. The van der Waals surface area contributed by atoms with Crippen LogP contribution in [0.1, 0.15) is 15.9 Å². The van der Waals surface area contributed by atoms with Gasteiger partial charge in [-0.15, -0.1) is 0 Å². The van der Waals surface area contributed by atoms with Crippen molar-refractivity contribution in [3.8, 4) is 11.5 Å². The van der Waals surface area contributed by atoms with E-state index in [1.807, 2.05) is 0 Å². The number of ether oxygens (including phenoxy) is 1. The second kappa shape index (κ2) is 5.10. The summed E-state index contributed by atoms with van der Waals surface area (Å²) in [6, 6.07) is 11.1. The predicted molar refractivity (Wildman–Crippen MR) is 69.5 cm³/mol. The van der Waals surface area contributed by atoms with Gasteiger partial charge in [0.1, 0.15) is 0 Å². The Hall–Kier alpha value is -2.00. The van der Waals surface area contributed by atoms with Crippen molar-refractivity contribution in [1.82, 2.24) is 0 Å². The molecule has 92 valence electrons. The number of aromatic hydroxyl groups is 1. The SMILES string of the molecule is COc1cc(C(=O)c2ccc(Cl)cc2)ccc1O. The van der Waals surface area contributed by atoms with Gasteiger partial charge in [-0.3, -0.25) is 4.79 Å². The standard InChI is InChI=1S/C14H11ClO3/c1-18-13-8-10(4-7-12(13)16)14(17)9-2-5-11(15)6-3-9/h2-8,16H,1H3. The highest BCUT2D eigenvalue weighted by Crippen LogP contribution is 2.27. The van der Waals surface area contributed by atoms with E-state index in [1.54, 1.807) is 30.3 Å². The van der Waals surface area contributed by atoms with Crippen molar-refractivity contribution in [2.75, 3.05) is 7.11 Å². The normalized spacial score (nSPS) is 10.1. The highest BCUT2D eigenvalue weighted by molar-refractivity contribution is 6.30. The average Bonchev–Trinajstić information content (AvgIpc) is 2.39. The Balaban J connectivity index is 2.37. The van der Waals surface area contributed by atoms with Crippen LogP contribution in [0.4, 0.5) is 0 Å². The molecule has 0 aliphatic carbocycles. The Labute approximate surface area is 110 Å². The smallest absolute Gasteiger partial charge is 0.193 e. The van der Waals surface area contributed by atoms with E-state index in [2.05, 4.69) is 0 Å². The third kappa shape index (κ3) is 2.46. The monoisotopic (exact) mass is 262 g/mol. The minimum Gasteiger partial charge on any atom is -0.504 e. The molecule has 0 saturated heterocycles. The molecule has 0 atom stereocenters. The van der Waals surface area contributed by atoms with Gasteiger partial charge in [0.15, 0.2) is 17.3 Å². The molecular formula is C14H11ClO3. The van der Waals surface area contributed by atoms with Crippen molar-refractivity contribution in [2.45, 2.75) is 0 Å². The van der Waals surface area contributed by atoms with Crippen molar-refractivity contribution in [3.63, 3.8) is 0 Å². The number of ketones is 1. The lowest BCUT2D eigenvalue weighted by Crippen LogP contribution is -2.01. The van der Waals surface area contributed by atoms with Crippen LogP contribution in [-0.4, -0.2) is 18.0 Å².